The predicted molar refractivity (Wildman–Crippen MR) is 630 cm³/mol. The second-order valence-electron chi connectivity index (χ2n) is 38.1. The van der Waals surface area contributed by atoms with E-state index in [1.807, 2.05) is 97.4 Å². The summed E-state index contributed by atoms with van der Waals surface area (Å²) in [6.45, 7) is 19.6. The number of fused-ring (bicyclic) bond motifs is 4. The fraction of sp³-hybridized carbons (Fsp3) is 0.358. The van der Waals surface area contributed by atoms with E-state index in [9.17, 15) is 30.4 Å². The number of carbonyl (C=O) groups is 1. The minimum absolute atomic E-state index is 0.0259. The number of nitrogens with zero attached hydrogens (tertiary/aromatic N) is 13. The fourth-order valence-corrected chi connectivity index (χ4v) is 21.5. The number of aromatic nitrogens is 10. The molecule has 0 radical (unpaired) electrons. The number of anilines is 5. The Balaban J connectivity index is 0.000000184. The van der Waals surface area contributed by atoms with Gasteiger partial charge in [-0.25, -0.2) is 65.5 Å². The van der Waals surface area contributed by atoms with Gasteiger partial charge in [0.2, 0.25) is 29.6 Å². The van der Waals surface area contributed by atoms with E-state index in [1.165, 1.54) is 119 Å². The number of rotatable bonds is 18. The number of thiol groups is 1. The van der Waals surface area contributed by atoms with E-state index < -0.39 is 44.2 Å². The third kappa shape index (κ3) is 35.2. The van der Waals surface area contributed by atoms with Gasteiger partial charge in [0.15, 0.2) is 16.1 Å². The Bertz CT molecular complexity index is 7190. The minimum atomic E-state index is -3.93. The number of methoxy groups -OCH3 is 2. The van der Waals surface area contributed by atoms with Crippen molar-refractivity contribution in [1.29, 1.82) is 5.41 Å². The summed E-state index contributed by atoms with van der Waals surface area (Å²) in [5.41, 5.74) is 31.4. The second-order valence-corrected chi connectivity index (χ2v) is 47.5. The zero-order valence-corrected chi connectivity index (χ0v) is 100. The Morgan fingerprint density at radius 3 is 1.36 bits per heavy atom. The monoisotopic (exact) mass is 2550 g/mol. The Kier molecular flexibility index (Phi) is 45.5. The van der Waals surface area contributed by atoms with Gasteiger partial charge in [-0.2, -0.15) is 9.97 Å². The molecule has 800 valence electrons. The molecule has 31 nitrogen and oxygen atoms in total. The summed E-state index contributed by atoms with van der Waals surface area (Å²) in [6, 6.07) is 46.5. The summed E-state index contributed by atoms with van der Waals surface area (Å²) in [7, 11) is 7.45. The number of hydrogen-bond donors (Lipinski definition) is 10. The lowest BCUT2D eigenvalue weighted by Gasteiger charge is -2.32. The molecule has 0 amide bonds. The molecule has 3 saturated carbocycles. The van der Waals surface area contributed by atoms with Crippen LogP contribution in [-0.4, -0.2) is 205 Å². The maximum atomic E-state index is 12.9. The third-order valence-electron chi connectivity index (χ3n) is 25.7. The number of hydrogen-bond acceptors (Lipinski definition) is 28. The summed E-state index contributed by atoms with van der Waals surface area (Å²) < 4.78 is 110. The van der Waals surface area contributed by atoms with E-state index >= 15 is 0 Å². The average molecular weight is 2560 g/mol. The normalized spacial score (nSPS) is 17.0. The summed E-state index contributed by atoms with van der Waals surface area (Å²) in [5, 5.41) is 17.2. The number of nitrogens with two attached hydrogens (primary N) is 4. The van der Waals surface area contributed by atoms with Crippen molar-refractivity contribution in [3.05, 3.63) is 258 Å². The molecular weight excluding hydrogens is 2430 g/mol. The van der Waals surface area contributed by atoms with Crippen LogP contribution in [0, 0.1) is 62.4 Å². The summed E-state index contributed by atoms with van der Waals surface area (Å²) >= 11 is 29.4. The van der Waals surface area contributed by atoms with Crippen LogP contribution in [0.1, 0.15) is 148 Å². The standard InChI is InChI=1S/C29H33ClN6O3S.C18H23BN2O5S2.C17H23BrN4.C9H6BrIN2.C9H8BrN3.C8H6BrFO.C8H18N2.C7H6BrF.CH5N3/c1-18-15-25-19(17-31-29(33-25)32-20-9-11-21(12-10-20)36(2)3)16-23(18)22-13-14-27(34-28(22)39-4)35-40(37,38)26-8-6-5-7-24(26)30;1-17(2)18(3,4)26-19(25-17)12-10-11-15(20-16(12)24-5)21-28(22,23)14-9-7-6-8-13(14)27;1-11-8-16-12(9-15(11)18)10-19-17(21-16)20-13-4-6-14(7-5-13)22(2)3;2*1-5-2-8-6(3-7(5)10)4-12-9(11)13-8;1-5-2-8(10)6(4-11)3-7(5)9;1-10(2)8-5-3-7(9)4-6-8;1-5-4-6(9)2-3-7(5)8;2-1(3)4/h5-8,13-17,20-21H,9-12H2,1-4H3,(H,34,35)(H,31,32,33);6-11,27H,1-5H3,(H,20,21);8-10,13-14H,4-7H2,1-3H3,(H,19,20,21);2-4H,1H3;2-4H,1H3,(H2,11,12,13);2-4H,1H3;7-8H,3-6,9H2,1-2H3;2-4H,1H3;(H5,2,3,4). The largest absolute Gasteiger partial charge is 0.500 e. The lowest BCUT2D eigenvalue weighted by molar-refractivity contribution is 0.00578. The number of carbonyl (C=O) groups excluding carboxylic acids is 1. The van der Waals surface area contributed by atoms with Gasteiger partial charge in [-0.05, 0) is 349 Å². The van der Waals surface area contributed by atoms with Crippen molar-refractivity contribution in [2.75, 3.05) is 82.3 Å². The van der Waals surface area contributed by atoms with Crippen LogP contribution >= 0.6 is 126 Å². The molecule has 0 atom stereocenters. The highest BCUT2D eigenvalue weighted by Gasteiger charge is 2.53. The molecule has 3 aliphatic carbocycles. The van der Waals surface area contributed by atoms with Crippen LogP contribution in [0.4, 0.5) is 38.3 Å². The quantitative estimate of drug-likeness (QED) is 0.00725. The number of guanidine groups is 1. The van der Waals surface area contributed by atoms with E-state index in [0.29, 0.717) is 52.7 Å². The molecule has 13 N–H and O–H groups in total. The van der Waals surface area contributed by atoms with Crippen molar-refractivity contribution in [1.82, 2.24) is 64.5 Å². The van der Waals surface area contributed by atoms with E-state index in [0.717, 1.165) is 147 Å². The van der Waals surface area contributed by atoms with Crippen molar-refractivity contribution in [3.63, 3.8) is 0 Å². The molecule has 1 saturated heterocycles. The van der Waals surface area contributed by atoms with Gasteiger partial charge in [0, 0.05) is 143 Å². The number of aryl methyl sites for hydroxylation is 6. The lowest BCUT2D eigenvalue weighted by atomic mass is 9.79. The average Bonchev–Trinajstić information content (AvgIpc) is 1.61. The maximum absolute atomic E-state index is 12.9. The summed E-state index contributed by atoms with van der Waals surface area (Å²) in [4.78, 5) is 61.3. The van der Waals surface area contributed by atoms with Crippen LogP contribution in [0.15, 0.2) is 213 Å². The molecule has 6 aromatic heterocycles. The van der Waals surface area contributed by atoms with Crippen molar-refractivity contribution in [2.24, 2.45) is 17.2 Å². The van der Waals surface area contributed by atoms with Gasteiger partial charge < -0.3 is 67.1 Å². The van der Waals surface area contributed by atoms with Crippen LogP contribution in [0.2, 0.25) is 5.02 Å². The van der Waals surface area contributed by atoms with Crippen molar-refractivity contribution in [2.45, 2.75) is 208 Å². The Hall–Kier alpha value is -9.69. The van der Waals surface area contributed by atoms with Crippen molar-refractivity contribution >= 4 is 244 Å². The molecule has 7 heterocycles. The number of ether oxygens (including phenoxy) is 2. The van der Waals surface area contributed by atoms with Crippen LogP contribution in [-0.2, 0) is 29.4 Å². The molecule has 44 heteroatoms. The molecule has 1 aliphatic heterocycles. The highest BCUT2D eigenvalue weighted by molar-refractivity contribution is 14.1. The third-order valence-corrected chi connectivity index (χ3v) is 34.3. The van der Waals surface area contributed by atoms with Crippen LogP contribution < -0.4 is 57.9 Å². The first kappa shape index (κ1) is 122. The lowest BCUT2D eigenvalue weighted by Crippen LogP contribution is -2.41. The molecule has 150 heavy (non-hydrogen) atoms. The highest BCUT2D eigenvalue weighted by atomic mass is 127. The van der Waals surface area contributed by atoms with Gasteiger partial charge in [0.25, 0.3) is 20.0 Å². The van der Waals surface area contributed by atoms with Crippen molar-refractivity contribution < 1.29 is 49.2 Å². The number of pyridine rings is 2. The summed E-state index contributed by atoms with van der Waals surface area (Å²) in [5.74, 6) is 1.47. The molecule has 14 aromatic rings. The molecular formula is C106H128BBr5ClF2IN22O9S3. The zero-order valence-electron chi connectivity index (χ0n) is 86.8. The Morgan fingerprint density at radius 1 is 0.500 bits per heavy atom. The maximum Gasteiger partial charge on any atom is 0.500 e. The zero-order chi connectivity index (χ0) is 110. The minimum Gasteiger partial charge on any atom is -0.481 e. The van der Waals surface area contributed by atoms with Gasteiger partial charge in [0.05, 0.1) is 58.1 Å². The Labute approximate surface area is 943 Å². The molecule has 4 fully saturated rings. The summed E-state index contributed by atoms with van der Waals surface area (Å²) in [6.07, 6.45) is 22.2. The predicted octanol–water partition coefficient (Wildman–Crippen LogP) is 23.1. The number of sulfonamides is 2. The van der Waals surface area contributed by atoms with Gasteiger partial charge >= 0.3 is 7.12 Å². The van der Waals surface area contributed by atoms with E-state index in [-0.39, 0.29) is 55.5 Å². The molecule has 4 aliphatic rings. The number of nitrogens with one attached hydrogen (secondary N) is 5. The van der Waals surface area contributed by atoms with Gasteiger partial charge in [0.1, 0.15) is 33.1 Å². The second kappa shape index (κ2) is 55.9. The van der Waals surface area contributed by atoms with E-state index in [2.05, 4.69) is 280 Å². The van der Waals surface area contributed by atoms with E-state index in [1.54, 1.807) is 73.8 Å². The number of benzene rings is 8. The SMILES string of the molecule is CN(C)C1CCC(N)CC1.COc1nc(NS(=O)(=O)c2ccccc2Cl)ccc1-c1cc2cnc(NC3CCC(N(C)C)CC3)nc2cc1C.COc1nc(NS(=O)(=O)c2ccccc2S)ccc1B1OC(C)(C)C(C)(C)O1.Cc1cc(F)c(C=O)cc1Br.Cc1cc(F)ccc1Br.Cc1cc2nc(I)ncc2cc1Br.Cc1cc2nc(N)ncc2cc1Br.Cc1cc2nc(NC3CCC(N(C)C)CC3)ncc2cc1Br.N=C(N)N. The number of nitrogen functional groups attached to an aromatic ring is 1. The molecule has 18 rings (SSSR count). The van der Waals surface area contributed by atoms with Crippen molar-refractivity contribution in [3.8, 4) is 22.9 Å². The molecule has 0 unspecified atom stereocenters. The van der Waals surface area contributed by atoms with Gasteiger partial charge in [-0.1, -0.05) is 122 Å². The highest BCUT2D eigenvalue weighted by Crippen LogP contribution is 2.40. The first-order chi connectivity index (χ1) is 70.7. The number of halogens is 9. The molecule has 0 bridgehead atoms. The van der Waals surface area contributed by atoms with Crippen LogP contribution in [0.3, 0.4) is 0 Å². The molecule has 0 spiro atoms. The first-order valence-corrected chi connectivity index (χ1v) is 56.8. The first-order valence-electron chi connectivity index (χ1n) is 48.0. The molecule has 8 aromatic carbocycles. The van der Waals surface area contributed by atoms with Crippen LogP contribution in [0.5, 0.6) is 11.8 Å². The Morgan fingerprint density at radius 2 is 0.900 bits per heavy atom. The smallest absolute Gasteiger partial charge is 0.481 e. The van der Waals surface area contributed by atoms with Gasteiger partial charge in [-0.15, -0.1) is 12.6 Å². The number of aldehydes is 1. The van der Waals surface area contributed by atoms with E-state index in [4.69, 9.17) is 52.2 Å². The van der Waals surface area contributed by atoms with Gasteiger partial charge in [-0.3, -0.25) is 19.6 Å². The topological polar surface area (TPSA) is 437 Å². The van der Waals surface area contributed by atoms with Crippen LogP contribution in [0.25, 0.3) is 54.7 Å². The fourth-order valence-electron chi connectivity index (χ4n) is 16.3.